The van der Waals surface area contributed by atoms with Crippen LogP contribution in [0, 0.1) is 0 Å². The highest BCUT2D eigenvalue weighted by molar-refractivity contribution is 5.92. The lowest BCUT2D eigenvalue weighted by Gasteiger charge is -2.11. The van der Waals surface area contributed by atoms with E-state index in [0.717, 1.165) is 10.7 Å². The van der Waals surface area contributed by atoms with Gasteiger partial charge in [-0.2, -0.15) is 0 Å². The third kappa shape index (κ3) is 4.08. The van der Waals surface area contributed by atoms with Crippen LogP contribution in [0.1, 0.15) is 13.3 Å². The molecule has 7 nitrogen and oxygen atoms in total. The van der Waals surface area contributed by atoms with Crippen molar-refractivity contribution in [1.29, 1.82) is 0 Å². The molecule has 0 atom stereocenters. The highest BCUT2D eigenvalue weighted by atomic mass is 16.5. The van der Waals surface area contributed by atoms with Crippen molar-refractivity contribution in [1.82, 2.24) is 9.78 Å². The van der Waals surface area contributed by atoms with Crippen molar-refractivity contribution < 1.29 is 9.53 Å². The van der Waals surface area contributed by atoms with Gasteiger partial charge in [0.25, 0.3) is 11.1 Å². The Morgan fingerprint density at radius 2 is 2.00 bits per heavy atom. The topological polar surface area (TPSA) is 93.2 Å². The molecule has 0 radical (unpaired) electrons. The maximum Gasteiger partial charge on any atom is 0.265 e. The van der Waals surface area contributed by atoms with Crippen molar-refractivity contribution in [3.05, 3.63) is 57.1 Å². The standard InChI is InChI=1S/C15H17N3O4/c1-2-22-12-6-4-3-5-11(12)16-13(19)9-10-18-15(21)8-7-14(20)17-18/h3-8H,2,9-10H2,1H3,(H,16,19)(H,17,20). The summed E-state index contributed by atoms with van der Waals surface area (Å²) in [5.41, 5.74) is -0.174. The zero-order chi connectivity index (χ0) is 15.9. The quantitative estimate of drug-likeness (QED) is 0.831. The monoisotopic (exact) mass is 303 g/mol. The molecule has 22 heavy (non-hydrogen) atoms. The molecule has 0 saturated heterocycles. The number of carbonyl (C=O) groups is 1. The van der Waals surface area contributed by atoms with Crippen molar-refractivity contribution >= 4 is 11.6 Å². The molecule has 1 aromatic carbocycles. The number of rotatable bonds is 6. The average molecular weight is 303 g/mol. The first-order valence-electron chi connectivity index (χ1n) is 6.92. The Bertz CT molecular complexity index is 764. The summed E-state index contributed by atoms with van der Waals surface area (Å²) in [6.45, 7) is 2.45. The van der Waals surface area contributed by atoms with Crippen LogP contribution < -0.4 is 21.2 Å². The molecule has 0 unspecified atom stereocenters. The number of aryl methyl sites for hydroxylation is 1. The number of para-hydroxylation sites is 2. The molecule has 0 aliphatic rings. The smallest absolute Gasteiger partial charge is 0.265 e. The molecule has 1 heterocycles. The summed E-state index contributed by atoms with van der Waals surface area (Å²) in [6, 6.07) is 9.42. The molecular weight excluding hydrogens is 286 g/mol. The summed E-state index contributed by atoms with van der Waals surface area (Å²) in [6.07, 6.45) is 0.0559. The van der Waals surface area contributed by atoms with Crippen LogP contribution in [0.5, 0.6) is 5.75 Å². The van der Waals surface area contributed by atoms with Gasteiger partial charge in [0.05, 0.1) is 18.8 Å². The van der Waals surface area contributed by atoms with E-state index < -0.39 is 0 Å². The van der Waals surface area contributed by atoms with Crippen LogP contribution in [0.15, 0.2) is 46.0 Å². The van der Waals surface area contributed by atoms with E-state index in [1.807, 2.05) is 13.0 Å². The predicted molar refractivity (Wildman–Crippen MR) is 82.2 cm³/mol. The van der Waals surface area contributed by atoms with Gasteiger partial charge in [-0.25, -0.2) is 4.68 Å². The summed E-state index contributed by atoms with van der Waals surface area (Å²) in [7, 11) is 0. The largest absolute Gasteiger partial charge is 0.492 e. The molecule has 0 saturated carbocycles. The van der Waals surface area contributed by atoms with Crippen molar-refractivity contribution in [2.75, 3.05) is 11.9 Å². The van der Waals surface area contributed by atoms with Crippen LogP contribution in [-0.2, 0) is 11.3 Å². The van der Waals surface area contributed by atoms with Gasteiger partial charge in [-0.05, 0) is 19.1 Å². The molecule has 0 bridgehead atoms. The summed E-state index contributed by atoms with van der Waals surface area (Å²) in [4.78, 5) is 34.6. The van der Waals surface area contributed by atoms with Crippen LogP contribution in [0.25, 0.3) is 0 Å². The number of nitrogens with zero attached hydrogens (tertiary/aromatic N) is 1. The van der Waals surface area contributed by atoms with Gasteiger partial charge >= 0.3 is 0 Å². The molecule has 0 fully saturated rings. The summed E-state index contributed by atoms with van der Waals surface area (Å²) in [5, 5.41) is 5.10. The Hall–Kier alpha value is -2.83. The summed E-state index contributed by atoms with van der Waals surface area (Å²) >= 11 is 0. The highest BCUT2D eigenvalue weighted by Crippen LogP contribution is 2.23. The third-order valence-electron chi connectivity index (χ3n) is 2.91. The number of anilines is 1. The van der Waals surface area contributed by atoms with E-state index in [4.69, 9.17) is 4.74 Å². The number of hydrogen-bond acceptors (Lipinski definition) is 4. The number of hydrogen-bond donors (Lipinski definition) is 2. The molecule has 2 rings (SSSR count). The fourth-order valence-corrected chi connectivity index (χ4v) is 1.91. The summed E-state index contributed by atoms with van der Waals surface area (Å²) < 4.78 is 6.53. The normalized spacial score (nSPS) is 10.2. The Labute approximate surface area is 126 Å². The van der Waals surface area contributed by atoms with Crippen molar-refractivity contribution in [3.8, 4) is 5.75 Å². The molecule has 2 N–H and O–H groups in total. The number of aromatic nitrogens is 2. The second kappa shape index (κ2) is 7.26. The molecule has 0 aliphatic heterocycles. The Morgan fingerprint density at radius 3 is 2.77 bits per heavy atom. The molecule has 1 aromatic heterocycles. The maximum absolute atomic E-state index is 12.0. The fourth-order valence-electron chi connectivity index (χ4n) is 1.91. The number of H-pyrrole nitrogens is 1. The number of carbonyl (C=O) groups excluding carboxylic acids is 1. The van der Waals surface area contributed by atoms with Gasteiger partial charge in [0.15, 0.2) is 0 Å². The molecule has 0 aliphatic carbocycles. The molecule has 0 spiro atoms. The zero-order valence-corrected chi connectivity index (χ0v) is 12.2. The van der Waals surface area contributed by atoms with Crippen LogP contribution >= 0.6 is 0 Å². The van der Waals surface area contributed by atoms with Gasteiger partial charge in [0.2, 0.25) is 5.91 Å². The van der Waals surface area contributed by atoms with Gasteiger partial charge < -0.3 is 10.1 Å². The van der Waals surface area contributed by atoms with E-state index in [2.05, 4.69) is 10.4 Å². The van der Waals surface area contributed by atoms with E-state index in [1.165, 1.54) is 6.07 Å². The predicted octanol–water partition coefficient (Wildman–Crippen LogP) is 0.964. The van der Waals surface area contributed by atoms with E-state index >= 15 is 0 Å². The number of amides is 1. The van der Waals surface area contributed by atoms with Gasteiger partial charge in [-0.15, -0.1) is 0 Å². The second-order valence-corrected chi connectivity index (χ2v) is 4.53. The van der Waals surface area contributed by atoms with Gasteiger partial charge in [-0.1, -0.05) is 12.1 Å². The lowest BCUT2D eigenvalue weighted by molar-refractivity contribution is -0.116. The third-order valence-corrected chi connectivity index (χ3v) is 2.91. The van der Waals surface area contributed by atoms with Gasteiger partial charge in [-0.3, -0.25) is 19.5 Å². The van der Waals surface area contributed by atoms with Crippen molar-refractivity contribution in [3.63, 3.8) is 0 Å². The van der Waals surface area contributed by atoms with Crippen LogP contribution in [0.3, 0.4) is 0 Å². The first-order chi connectivity index (χ1) is 10.6. The first kappa shape index (κ1) is 15.6. The highest BCUT2D eigenvalue weighted by Gasteiger charge is 2.08. The van der Waals surface area contributed by atoms with E-state index in [1.54, 1.807) is 18.2 Å². The van der Waals surface area contributed by atoms with Crippen LogP contribution in [0.2, 0.25) is 0 Å². The number of ether oxygens (including phenoxy) is 1. The number of nitrogens with one attached hydrogen (secondary N) is 2. The summed E-state index contributed by atoms with van der Waals surface area (Å²) in [5.74, 6) is 0.312. The fraction of sp³-hybridized carbons (Fsp3) is 0.267. The zero-order valence-electron chi connectivity index (χ0n) is 12.2. The first-order valence-corrected chi connectivity index (χ1v) is 6.92. The van der Waals surface area contributed by atoms with Gasteiger partial charge in [0, 0.05) is 18.6 Å². The van der Waals surface area contributed by atoms with E-state index in [0.29, 0.717) is 18.0 Å². The Balaban J connectivity index is 2.00. The van der Waals surface area contributed by atoms with Gasteiger partial charge in [0.1, 0.15) is 5.75 Å². The minimum Gasteiger partial charge on any atom is -0.492 e. The lowest BCUT2D eigenvalue weighted by Crippen LogP contribution is -2.29. The lowest BCUT2D eigenvalue weighted by atomic mass is 10.2. The molecule has 1 amide bonds. The second-order valence-electron chi connectivity index (χ2n) is 4.53. The molecular formula is C15H17N3O4. The average Bonchev–Trinajstić information content (AvgIpc) is 2.50. The number of aromatic amines is 1. The molecule has 2 aromatic rings. The van der Waals surface area contributed by atoms with Crippen LogP contribution in [0.4, 0.5) is 5.69 Å². The van der Waals surface area contributed by atoms with E-state index in [9.17, 15) is 14.4 Å². The Kier molecular flexibility index (Phi) is 5.13. The minimum atomic E-state index is -0.387. The maximum atomic E-state index is 12.0. The Morgan fingerprint density at radius 1 is 1.23 bits per heavy atom. The van der Waals surface area contributed by atoms with Crippen LogP contribution in [-0.4, -0.2) is 22.3 Å². The van der Waals surface area contributed by atoms with Crippen molar-refractivity contribution in [2.24, 2.45) is 0 Å². The molecule has 116 valence electrons. The number of benzene rings is 1. The SMILES string of the molecule is CCOc1ccccc1NC(=O)CCn1[nH]c(=O)ccc1=O. The minimum absolute atomic E-state index is 0.0559. The van der Waals surface area contributed by atoms with E-state index in [-0.39, 0.29) is 30.0 Å². The van der Waals surface area contributed by atoms with Crippen molar-refractivity contribution in [2.45, 2.75) is 19.9 Å². The molecule has 7 heteroatoms.